The summed E-state index contributed by atoms with van der Waals surface area (Å²) in [5.74, 6) is 0. The standard InChI is InChI=1S/C17H24O2/c1-14-7-6-8-15(2)19-17(11-14)13-18-12-16-9-4-3-5-10-16/h3-5,7,9-10,15,17H,6,8,11-13H2,1-2H3/b14-7-/t15-,17-/m0/s1. The molecule has 2 nitrogen and oxygen atoms in total. The normalized spacial score (nSPS) is 27.2. The van der Waals surface area contributed by atoms with Crippen LogP contribution in [0, 0.1) is 0 Å². The molecule has 19 heavy (non-hydrogen) atoms. The third kappa shape index (κ3) is 5.17. The Labute approximate surface area is 116 Å². The summed E-state index contributed by atoms with van der Waals surface area (Å²) in [5.41, 5.74) is 2.63. The Morgan fingerprint density at radius 3 is 2.84 bits per heavy atom. The molecule has 2 atom stereocenters. The third-order valence-electron chi connectivity index (χ3n) is 3.46. The van der Waals surface area contributed by atoms with Crippen LogP contribution in [-0.2, 0) is 16.1 Å². The second-order valence-electron chi connectivity index (χ2n) is 5.40. The zero-order valence-electron chi connectivity index (χ0n) is 12.0. The van der Waals surface area contributed by atoms with Gasteiger partial charge in [-0.25, -0.2) is 0 Å². The average molecular weight is 260 g/mol. The molecule has 0 spiro atoms. The maximum atomic E-state index is 6.03. The first-order valence-electron chi connectivity index (χ1n) is 7.17. The minimum absolute atomic E-state index is 0.190. The van der Waals surface area contributed by atoms with E-state index >= 15 is 0 Å². The monoisotopic (exact) mass is 260 g/mol. The number of benzene rings is 1. The molecule has 1 heterocycles. The van der Waals surface area contributed by atoms with E-state index in [1.165, 1.54) is 11.1 Å². The summed E-state index contributed by atoms with van der Waals surface area (Å²) in [6.07, 6.45) is 6.07. The molecule has 1 aliphatic rings. The molecule has 0 bridgehead atoms. The van der Waals surface area contributed by atoms with Crippen LogP contribution >= 0.6 is 0 Å². The lowest BCUT2D eigenvalue weighted by Gasteiger charge is -2.25. The summed E-state index contributed by atoms with van der Waals surface area (Å²) < 4.78 is 11.8. The number of hydrogen-bond donors (Lipinski definition) is 0. The average Bonchev–Trinajstić information content (AvgIpc) is 2.38. The molecule has 0 aliphatic carbocycles. The fourth-order valence-corrected chi connectivity index (χ4v) is 2.43. The molecule has 0 saturated carbocycles. The lowest BCUT2D eigenvalue weighted by atomic mass is 10.0. The smallest absolute Gasteiger partial charge is 0.0849 e. The summed E-state index contributed by atoms with van der Waals surface area (Å²) in [4.78, 5) is 0. The first-order valence-corrected chi connectivity index (χ1v) is 7.17. The van der Waals surface area contributed by atoms with Crippen molar-refractivity contribution in [2.24, 2.45) is 0 Å². The molecule has 0 unspecified atom stereocenters. The molecule has 1 aliphatic heterocycles. The van der Waals surface area contributed by atoms with Crippen LogP contribution in [0.5, 0.6) is 0 Å². The van der Waals surface area contributed by atoms with Crippen molar-refractivity contribution in [1.82, 2.24) is 0 Å². The van der Waals surface area contributed by atoms with Crippen molar-refractivity contribution in [2.45, 2.75) is 51.9 Å². The maximum absolute atomic E-state index is 6.03. The molecule has 0 N–H and O–H groups in total. The molecule has 2 heteroatoms. The lowest BCUT2D eigenvalue weighted by molar-refractivity contribution is -0.0573. The summed E-state index contributed by atoms with van der Waals surface area (Å²) in [6.45, 7) is 5.67. The topological polar surface area (TPSA) is 18.5 Å². The summed E-state index contributed by atoms with van der Waals surface area (Å²) >= 11 is 0. The molecule has 1 aromatic rings. The van der Waals surface area contributed by atoms with Crippen LogP contribution in [0.1, 0.15) is 38.7 Å². The van der Waals surface area contributed by atoms with Crippen molar-refractivity contribution in [1.29, 1.82) is 0 Å². The Bertz CT molecular complexity index is 397. The van der Waals surface area contributed by atoms with Crippen molar-refractivity contribution >= 4 is 0 Å². The van der Waals surface area contributed by atoms with E-state index in [4.69, 9.17) is 9.47 Å². The van der Waals surface area contributed by atoms with Crippen LogP contribution in [0.2, 0.25) is 0 Å². The molecular formula is C17H24O2. The molecule has 0 radical (unpaired) electrons. The predicted octanol–water partition coefficient (Wildman–Crippen LogP) is 4.11. The highest BCUT2D eigenvalue weighted by Crippen LogP contribution is 2.18. The van der Waals surface area contributed by atoms with Gasteiger partial charge < -0.3 is 9.47 Å². The SMILES string of the molecule is C/C1=C/CC[C@H](C)O[C@H](COCc2ccccc2)C1. The maximum Gasteiger partial charge on any atom is 0.0849 e. The Kier molecular flexibility index (Phi) is 5.62. The molecule has 104 valence electrons. The molecule has 2 rings (SSSR count). The fourth-order valence-electron chi connectivity index (χ4n) is 2.43. The highest BCUT2D eigenvalue weighted by atomic mass is 16.5. The van der Waals surface area contributed by atoms with Gasteiger partial charge in [0.05, 0.1) is 25.4 Å². The second kappa shape index (κ2) is 7.46. The first kappa shape index (κ1) is 14.3. The van der Waals surface area contributed by atoms with Crippen LogP contribution in [-0.4, -0.2) is 18.8 Å². The van der Waals surface area contributed by atoms with Gasteiger partial charge in [-0.15, -0.1) is 0 Å². The third-order valence-corrected chi connectivity index (χ3v) is 3.46. The minimum atomic E-state index is 0.190. The van der Waals surface area contributed by atoms with Crippen LogP contribution < -0.4 is 0 Å². The highest BCUT2D eigenvalue weighted by molar-refractivity contribution is 5.13. The van der Waals surface area contributed by atoms with E-state index in [0.717, 1.165) is 19.3 Å². The van der Waals surface area contributed by atoms with Gasteiger partial charge in [-0.1, -0.05) is 42.0 Å². The molecule has 0 fully saturated rings. The van der Waals surface area contributed by atoms with Crippen molar-refractivity contribution in [3.63, 3.8) is 0 Å². The Morgan fingerprint density at radius 1 is 1.26 bits per heavy atom. The molecule has 0 saturated heterocycles. The Balaban J connectivity index is 1.80. The van der Waals surface area contributed by atoms with Crippen LogP contribution in [0.4, 0.5) is 0 Å². The van der Waals surface area contributed by atoms with Crippen LogP contribution in [0.15, 0.2) is 42.0 Å². The van der Waals surface area contributed by atoms with E-state index in [2.05, 4.69) is 32.1 Å². The van der Waals surface area contributed by atoms with E-state index < -0.39 is 0 Å². The van der Waals surface area contributed by atoms with Crippen LogP contribution in [0.25, 0.3) is 0 Å². The van der Waals surface area contributed by atoms with Gasteiger partial charge in [0, 0.05) is 0 Å². The lowest BCUT2D eigenvalue weighted by Crippen LogP contribution is -2.26. The fraction of sp³-hybridized carbons (Fsp3) is 0.529. The van der Waals surface area contributed by atoms with Gasteiger partial charge >= 0.3 is 0 Å². The van der Waals surface area contributed by atoms with Crippen molar-refractivity contribution in [2.75, 3.05) is 6.61 Å². The largest absolute Gasteiger partial charge is 0.374 e. The van der Waals surface area contributed by atoms with Crippen molar-refractivity contribution in [3.8, 4) is 0 Å². The highest BCUT2D eigenvalue weighted by Gasteiger charge is 2.16. The molecule has 0 amide bonds. The van der Waals surface area contributed by atoms with Crippen LogP contribution in [0.3, 0.4) is 0 Å². The summed E-state index contributed by atoms with van der Waals surface area (Å²) in [5, 5.41) is 0. The Morgan fingerprint density at radius 2 is 2.05 bits per heavy atom. The van der Waals surface area contributed by atoms with Gasteiger partial charge in [0.1, 0.15) is 0 Å². The zero-order valence-corrected chi connectivity index (χ0v) is 12.0. The van der Waals surface area contributed by atoms with E-state index in [1.807, 2.05) is 18.2 Å². The molecular weight excluding hydrogens is 236 g/mol. The van der Waals surface area contributed by atoms with Gasteiger partial charge in [0.25, 0.3) is 0 Å². The Hall–Kier alpha value is -1.12. The minimum Gasteiger partial charge on any atom is -0.374 e. The van der Waals surface area contributed by atoms with E-state index in [1.54, 1.807) is 0 Å². The number of rotatable bonds is 4. The number of hydrogen-bond acceptors (Lipinski definition) is 2. The summed E-state index contributed by atoms with van der Waals surface area (Å²) in [6, 6.07) is 10.3. The van der Waals surface area contributed by atoms with Gasteiger partial charge in [-0.3, -0.25) is 0 Å². The van der Waals surface area contributed by atoms with Gasteiger partial charge in [-0.2, -0.15) is 0 Å². The predicted molar refractivity (Wildman–Crippen MR) is 78.0 cm³/mol. The van der Waals surface area contributed by atoms with Crippen molar-refractivity contribution < 1.29 is 9.47 Å². The quantitative estimate of drug-likeness (QED) is 0.759. The van der Waals surface area contributed by atoms with Gasteiger partial charge in [0.2, 0.25) is 0 Å². The van der Waals surface area contributed by atoms with E-state index in [0.29, 0.717) is 19.3 Å². The first-order chi connectivity index (χ1) is 9.24. The molecule has 1 aromatic carbocycles. The number of ether oxygens (including phenoxy) is 2. The van der Waals surface area contributed by atoms with E-state index in [9.17, 15) is 0 Å². The number of allylic oxidation sites excluding steroid dienone is 1. The van der Waals surface area contributed by atoms with Gasteiger partial charge in [0.15, 0.2) is 0 Å². The van der Waals surface area contributed by atoms with Crippen molar-refractivity contribution in [3.05, 3.63) is 47.5 Å². The molecule has 0 aromatic heterocycles. The van der Waals surface area contributed by atoms with E-state index in [-0.39, 0.29) is 6.10 Å². The van der Waals surface area contributed by atoms with Gasteiger partial charge in [-0.05, 0) is 38.7 Å². The second-order valence-corrected chi connectivity index (χ2v) is 5.40. The summed E-state index contributed by atoms with van der Waals surface area (Å²) in [7, 11) is 0. The zero-order chi connectivity index (χ0) is 13.5.